The highest BCUT2D eigenvalue weighted by molar-refractivity contribution is 6.01. The maximum atomic E-state index is 12.4. The van der Waals surface area contributed by atoms with Crippen molar-refractivity contribution >= 4 is 23.2 Å². The highest BCUT2D eigenvalue weighted by atomic mass is 19.4. The summed E-state index contributed by atoms with van der Waals surface area (Å²) < 4.78 is 42.9. The van der Waals surface area contributed by atoms with Crippen LogP contribution in [0, 0.1) is 20.8 Å². The van der Waals surface area contributed by atoms with Crippen molar-refractivity contribution in [1.29, 1.82) is 0 Å². The van der Waals surface area contributed by atoms with Crippen LogP contribution >= 0.6 is 0 Å². The van der Waals surface area contributed by atoms with Crippen LogP contribution < -0.4 is 15.4 Å². The van der Waals surface area contributed by atoms with Crippen molar-refractivity contribution < 1.29 is 27.5 Å². The molecule has 0 saturated carbocycles. The van der Waals surface area contributed by atoms with Crippen LogP contribution in [0.2, 0.25) is 0 Å². The molecule has 2 N–H and O–H groups in total. The number of alkyl halides is 3. The van der Waals surface area contributed by atoms with E-state index < -0.39 is 18.0 Å². The molecule has 0 aliphatic rings. The predicted molar refractivity (Wildman–Crippen MR) is 95.9 cm³/mol. The van der Waals surface area contributed by atoms with Gasteiger partial charge in [0.1, 0.15) is 5.75 Å². The summed E-state index contributed by atoms with van der Waals surface area (Å²) in [7, 11) is 0. The van der Waals surface area contributed by atoms with Gasteiger partial charge in [0, 0.05) is 0 Å². The van der Waals surface area contributed by atoms with Crippen LogP contribution in [0.5, 0.6) is 5.75 Å². The first-order valence-electron chi connectivity index (χ1n) is 8.06. The standard InChI is InChI=1S/C19H19F3N2O3/c1-11-8-9-12(2)17(13(11)3)27-10-16(25)23-14-6-4-5-7-15(14)24-18(26)19(20,21)22/h4-9H,10H2,1-3H3,(H,23,25)(H,24,26). The molecule has 5 nitrogen and oxygen atoms in total. The number of ether oxygens (including phenoxy) is 1. The number of benzene rings is 2. The Hall–Kier alpha value is -3.03. The summed E-state index contributed by atoms with van der Waals surface area (Å²) in [6.07, 6.45) is -5.03. The van der Waals surface area contributed by atoms with E-state index in [1.807, 2.05) is 32.9 Å². The first-order valence-corrected chi connectivity index (χ1v) is 8.06. The third-order valence-electron chi connectivity index (χ3n) is 3.93. The van der Waals surface area contributed by atoms with Gasteiger partial charge in [-0.3, -0.25) is 9.59 Å². The van der Waals surface area contributed by atoms with Crippen molar-refractivity contribution in [3.63, 3.8) is 0 Å². The predicted octanol–water partition coefficient (Wildman–Crippen LogP) is 4.13. The second-order valence-corrected chi connectivity index (χ2v) is 5.99. The first kappa shape index (κ1) is 20.3. The molecule has 0 radical (unpaired) electrons. The lowest BCUT2D eigenvalue weighted by Crippen LogP contribution is -2.30. The minimum absolute atomic E-state index is 0.0430. The summed E-state index contributed by atoms with van der Waals surface area (Å²) in [6, 6.07) is 9.42. The number of nitrogens with one attached hydrogen (secondary N) is 2. The van der Waals surface area contributed by atoms with E-state index in [0.717, 1.165) is 16.7 Å². The average molecular weight is 380 g/mol. The molecule has 0 aliphatic carbocycles. The van der Waals surface area contributed by atoms with E-state index in [0.29, 0.717) is 5.75 Å². The summed E-state index contributed by atoms with van der Waals surface area (Å²) >= 11 is 0. The Kier molecular flexibility index (Phi) is 6.09. The van der Waals surface area contributed by atoms with Crippen molar-refractivity contribution in [2.24, 2.45) is 0 Å². The highest BCUT2D eigenvalue weighted by Gasteiger charge is 2.39. The van der Waals surface area contributed by atoms with Gasteiger partial charge in [-0.05, 0) is 49.6 Å². The molecule has 0 atom stereocenters. The summed E-state index contributed by atoms with van der Waals surface area (Å²) in [6.45, 7) is 5.31. The summed E-state index contributed by atoms with van der Waals surface area (Å²) in [4.78, 5) is 23.3. The summed E-state index contributed by atoms with van der Waals surface area (Å²) in [5, 5.41) is 4.18. The van der Waals surface area contributed by atoms with Crippen LogP contribution in [-0.2, 0) is 9.59 Å². The van der Waals surface area contributed by atoms with E-state index in [1.54, 1.807) is 5.32 Å². The molecule has 0 spiro atoms. The van der Waals surface area contributed by atoms with Gasteiger partial charge in [0.25, 0.3) is 5.91 Å². The molecular weight excluding hydrogens is 361 g/mol. The number of halogens is 3. The fourth-order valence-corrected chi connectivity index (χ4v) is 2.37. The maximum absolute atomic E-state index is 12.4. The van der Waals surface area contributed by atoms with Crippen LogP contribution in [0.1, 0.15) is 16.7 Å². The molecule has 0 aliphatic heterocycles. The smallest absolute Gasteiger partial charge is 0.471 e. The molecular formula is C19H19F3N2O3. The molecule has 0 aromatic heterocycles. The number of amides is 2. The molecule has 0 unspecified atom stereocenters. The number of aryl methyl sites for hydroxylation is 2. The van der Waals surface area contributed by atoms with Gasteiger partial charge >= 0.3 is 12.1 Å². The third kappa shape index (κ3) is 5.22. The van der Waals surface area contributed by atoms with E-state index in [4.69, 9.17) is 4.74 Å². The van der Waals surface area contributed by atoms with Gasteiger partial charge in [0.2, 0.25) is 0 Å². The van der Waals surface area contributed by atoms with Crippen LogP contribution in [0.4, 0.5) is 24.5 Å². The topological polar surface area (TPSA) is 67.4 Å². The number of para-hydroxylation sites is 2. The van der Waals surface area contributed by atoms with Crippen molar-refractivity contribution in [1.82, 2.24) is 0 Å². The monoisotopic (exact) mass is 380 g/mol. The minimum Gasteiger partial charge on any atom is -0.483 e. The zero-order valence-corrected chi connectivity index (χ0v) is 15.0. The fourth-order valence-electron chi connectivity index (χ4n) is 2.37. The second-order valence-electron chi connectivity index (χ2n) is 5.99. The SMILES string of the molecule is Cc1ccc(C)c(OCC(=O)Nc2ccccc2NC(=O)C(F)(F)F)c1C. The molecule has 27 heavy (non-hydrogen) atoms. The Morgan fingerprint density at radius 3 is 2.07 bits per heavy atom. The fraction of sp³-hybridized carbons (Fsp3) is 0.263. The number of rotatable bonds is 5. The van der Waals surface area contributed by atoms with Crippen LogP contribution in [0.25, 0.3) is 0 Å². The molecule has 0 fully saturated rings. The molecule has 2 aromatic carbocycles. The minimum atomic E-state index is -5.03. The summed E-state index contributed by atoms with van der Waals surface area (Å²) in [5.41, 5.74) is 2.66. The Labute approximate surface area is 154 Å². The largest absolute Gasteiger partial charge is 0.483 e. The van der Waals surface area contributed by atoms with E-state index in [9.17, 15) is 22.8 Å². The lowest BCUT2D eigenvalue weighted by molar-refractivity contribution is -0.167. The Morgan fingerprint density at radius 2 is 1.48 bits per heavy atom. The molecule has 2 rings (SSSR count). The van der Waals surface area contributed by atoms with Crippen molar-refractivity contribution in [2.75, 3.05) is 17.2 Å². The zero-order chi connectivity index (χ0) is 20.2. The normalized spacial score (nSPS) is 11.0. The van der Waals surface area contributed by atoms with E-state index in [-0.39, 0.29) is 18.0 Å². The molecule has 2 amide bonds. The number of hydrogen-bond acceptors (Lipinski definition) is 3. The quantitative estimate of drug-likeness (QED) is 0.820. The van der Waals surface area contributed by atoms with Crippen LogP contribution in [0.3, 0.4) is 0 Å². The maximum Gasteiger partial charge on any atom is 0.471 e. The van der Waals surface area contributed by atoms with Crippen molar-refractivity contribution in [3.8, 4) is 5.75 Å². The molecule has 0 saturated heterocycles. The number of carbonyl (C=O) groups excluding carboxylic acids is 2. The van der Waals surface area contributed by atoms with E-state index in [2.05, 4.69) is 5.32 Å². The van der Waals surface area contributed by atoms with Gasteiger partial charge in [0.05, 0.1) is 11.4 Å². The lowest BCUT2D eigenvalue weighted by atomic mass is 10.1. The number of carbonyl (C=O) groups is 2. The van der Waals surface area contributed by atoms with Crippen molar-refractivity contribution in [2.45, 2.75) is 26.9 Å². The van der Waals surface area contributed by atoms with Gasteiger partial charge in [-0.1, -0.05) is 24.3 Å². The van der Waals surface area contributed by atoms with Crippen LogP contribution in [-0.4, -0.2) is 24.6 Å². The number of anilines is 2. The zero-order valence-electron chi connectivity index (χ0n) is 15.0. The van der Waals surface area contributed by atoms with Gasteiger partial charge < -0.3 is 15.4 Å². The van der Waals surface area contributed by atoms with Gasteiger partial charge in [-0.15, -0.1) is 0 Å². The molecule has 2 aromatic rings. The Morgan fingerprint density at radius 1 is 0.926 bits per heavy atom. The molecule has 144 valence electrons. The first-order chi connectivity index (χ1) is 12.6. The Balaban J connectivity index is 2.07. The highest BCUT2D eigenvalue weighted by Crippen LogP contribution is 2.27. The van der Waals surface area contributed by atoms with E-state index >= 15 is 0 Å². The third-order valence-corrected chi connectivity index (χ3v) is 3.93. The Bertz CT molecular complexity index is 864. The lowest BCUT2D eigenvalue weighted by Gasteiger charge is -2.15. The molecule has 0 heterocycles. The number of hydrogen-bond donors (Lipinski definition) is 2. The molecule has 8 heteroatoms. The van der Waals surface area contributed by atoms with Gasteiger partial charge in [-0.2, -0.15) is 13.2 Å². The molecule has 0 bridgehead atoms. The van der Waals surface area contributed by atoms with Gasteiger partial charge in [0.15, 0.2) is 6.61 Å². The van der Waals surface area contributed by atoms with Crippen LogP contribution in [0.15, 0.2) is 36.4 Å². The van der Waals surface area contributed by atoms with Crippen molar-refractivity contribution in [3.05, 3.63) is 53.1 Å². The second kappa shape index (κ2) is 8.11. The average Bonchev–Trinajstić information content (AvgIpc) is 2.59. The summed E-state index contributed by atoms with van der Waals surface area (Å²) in [5.74, 6) is -2.10. The van der Waals surface area contributed by atoms with E-state index in [1.165, 1.54) is 24.3 Å². The van der Waals surface area contributed by atoms with Gasteiger partial charge in [-0.25, -0.2) is 0 Å².